The highest BCUT2D eigenvalue weighted by atomic mass is 31.2. The van der Waals surface area contributed by atoms with Gasteiger partial charge in [-0.2, -0.15) is 0 Å². The van der Waals surface area contributed by atoms with Crippen molar-refractivity contribution in [1.29, 1.82) is 0 Å². The van der Waals surface area contributed by atoms with E-state index in [-0.39, 0.29) is 32.6 Å². The van der Waals surface area contributed by atoms with Crippen molar-refractivity contribution in [2.24, 2.45) is 5.73 Å². The van der Waals surface area contributed by atoms with Gasteiger partial charge in [0.25, 0.3) is 0 Å². The molecule has 442 valence electrons. The SMILES string of the molecule is CC/C=C\C/C=C\C/C=C\C/C=C\C/C=C\CCCCCCCCCCCCCCCCCCCCCCCCCC(=O)OC(COC(=O)CCCCCC/C=C\C/C=C\C/C=C\C/C=C\CC)COP(=O)(O)OCCN. The second-order valence-corrected chi connectivity index (χ2v) is 22.0. The number of allylic oxidation sites excluding steroid dienone is 18. The number of carbonyl (C=O) groups is 2. The summed E-state index contributed by atoms with van der Waals surface area (Å²) < 4.78 is 33.0. The third-order valence-electron chi connectivity index (χ3n) is 13.2. The van der Waals surface area contributed by atoms with Gasteiger partial charge in [0.1, 0.15) is 6.61 Å². The van der Waals surface area contributed by atoms with Gasteiger partial charge in [0, 0.05) is 19.4 Å². The van der Waals surface area contributed by atoms with Crippen molar-refractivity contribution >= 4 is 19.8 Å². The minimum absolute atomic E-state index is 0.0468. The van der Waals surface area contributed by atoms with Crippen LogP contribution >= 0.6 is 7.82 Å². The van der Waals surface area contributed by atoms with Crippen LogP contribution in [0.4, 0.5) is 0 Å². The Morgan fingerprint density at radius 3 is 1.00 bits per heavy atom. The maximum Gasteiger partial charge on any atom is 0.472 e. The van der Waals surface area contributed by atoms with Crippen LogP contribution < -0.4 is 5.73 Å². The Morgan fingerprint density at radius 2 is 0.675 bits per heavy atom. The highest BCUT2D eigenvalue weighted by Crippen LogP contribution is 2.43. The lowest BCUT2D eigenvalue weighted by Gasteiger charge is -2.19. The van der Waals surface area contributed by atoms with E-state index in [0.717, 1.165) is 103 Å². The largest absolute Gasteiger partial charge is 0.472 e. The molecule has 0 saturated carbocycles. The Labute approximate surface area is 473 Å². The molecule has 0 aliphatic heterocycles. The molecule has 0 aliphatic rings. The zero-order valence-corrected chi connectivity index (χ0v) is 50.3. The van der Waals surface area contributed by atoms with Crippen molar-refractivity contribution in [3.63, 3.8) is 0 Å². The minimum atomic E-state index is -4.40. The highest BCUT2D eigenvalue weighted by Gasteiger charge is 2.26. The van der Waals surface area contributed by atoms with Crippen molar-refractivity contribution in [1.82, 2.24) is 0 Å². The van der Waals surface area contributed by atoms with Gasteiger partial charge in [0.05, 0.1) is 13.2 Å². The first-order valence-electron chi connectivity index (χ1n) is 31.4. The zero-order chi connectivity index (χ0) is 55.9. The standard InChI is InChI=1S/C67H116NO8P/c1-3-5-7-9-11-13-15-17-19-21-22-23-24-25-26-27-28-29-30-31-32-33-34-35-36-37-38-39-40-41-42-44-46-48-50-52-54-56-58-60-67(70)76-65(64-75-77(71,72)74-62-61-68)63-73-66(69)59-57-55-53-51-49-47-45-43-20-18-16-14-12-10-8-6-4-2/h5-8,11-14,17-20,22-23,25-26,45,47,65H,3-4,9-10,15-16,21,24,27-44,46,48-64,68H2,1-2H3,(H,71,72)/b7-5-,8-6-,13-11-,14-12-,19-17-,20-18-,23-22-,26-25-,47-45-. The number of phosphoric ester groups is 1. The first-order valence-corrected chi connectivity index (χ1v) is 32.9. The van der Waals surface area contributed by atoms with E-state index < -0.39 is 32.5 Å². The van der Waals surface area contributed by atoms with Gasteiger partial charge in [-0.3, -0.25) is 18.6 Å². The van der Waals surface area contributed by atoms with Crippen molar-refractivity contribution in [2.45, 2.75) is 277 Å². The summed E-state index contributed by atoms with van der Waals surface area (Å²) in [5, 5.41) is 0. The van der Waals surface area contributed by atoms with Crippen LogP contribution in [0.25, 0.3) is 0 Å². The summed E-state index contributed by atoms with van der Waals surface area (Å²) in [4.78, 5) is 35.2. The summed E-state index contributed by atoms with van der Waals surface area (Å²) in [6, 6.07) is 0. The third-order valence-corrected chi connectivity index (χ3v) is 14.1. The molecule has 0 bridgehead atoms. The van der Waals surface area contributed by atoms with Crippen molar-refractivity contribution in [2.75, 3.05) is 26.4 Å². The van der Waals surface area contributed by atoms with Crippen LogP contribution in [0.5, 0.6) is 0 Å². The van der Waals surface area contributed by atoms with Gasteiger partial charge in [-0.05, 0) is 96.3 Å². The normalized spacial score (nSPS) is 13.8. The Balaban J connectivity index is 3.83. The first-order chi connectivity index (χ1) is 37.8. The molecule has 0 spiro atoms. The topological polar surface area (TPSA) is 134 Å². The van der Waals surface area contributed by atoms with Crippen molar-refractivity contribution in [3.05, 3.63) is 109 Å². The fourth-order valence-electron chi connectivity index (χ4n) is 8.60. The summed E-state index contributed by atoms with van der Waals surface area (Å²) in [5.74, 6) is -0.852. The smallest absolute Gasteiger partial charge is 0.462 e. The van der Waals surface area contributed by atoms with E-state index in [1.165, 1.54) is 128 Å². The third kappa shape index (κ3) is 61.7. The quantitative estimate of drug-likeness (QED) is 0.0264. The van der Waals surface area contributed by atoms with Crippen LogP contribution in [0.15, 0.2) is 109 Å². The number of unbranched alkanes of at least 4 members (excludes halogenated alkanes) is 27. The van der Waals surface area contributed by atoms with Crippen LogP contribution in [0.1, 0.15) is 271 Å². The van der Waals surface area contributed by atoms with Gasteiger partial charge >= 0.3 is 19.8 Å². The monoisotopic (exact) mass is 1090 g/mol. The first kappa shape index (κ1) is 73.7. The molecule has 0 radical (unpaired) electrons. The van der Waals surface area contributed by atoms with Crippen molar-refractivity contribution < 1.29 is 37.6 Å². The summed E-state index contributed by atoms with van der Waals surface area (Å²) >= 11 is 0. The Hall–Kier alpha value is -3.33. The summed E-state index contributed by atoms with van der Waals surface area (Å²) in [6.45, 7) is 3.50. The number of esters is 2. The Bertz CT molecular complexity index is 1630. The lowest BCUT2D eigenvalue weighted by Crippen LogP contribution is -2.29. The molecule has 10 heteroatoms. The zero-order valence-electron chi connectivity index (χ0n) is 49.4. The molecule has 0 heterocycles. The lowest BCUT2D eigenvalue weighted by molar-refractivity contribution is -0.161. The van der Waals surface area contributed by atoms with E-state index in [1.807, 2.05) is 0 Å². The van der Waals surface area contributed by atoms with E-state index in [0.29, 0.717) is 12.8 Å². The van der Waals surface area contributed by atoms with Gasteiger partial charge in [0.15, 0.2) is 6.10 Å². The van der Waals surface area contributed by atoms with Gasteiger partial charge in [-0.1, -0.05) is 271 Å². The predicted molar refractivity (Wildman–Crippen MR) is 330 cm³/mol. The second kappa shape index (κ2) is 61.9. The van der Waals surface area contributed by atoms with Crippen molar-refractivity contribution in [3.8, 4) is 0 Å². The molecule has 9 nitrogen and oxygen atoms in total. The van der Waals surface area contributed by atoms with Crippen LogP contribution in [0.3, 0.4) is 0 Å². The number of hydrogen-bond acceptors (Lipinski definition) is 8. The molecule has 0 aromatic carbocycles. The Morgan fingerprint density at radius 1 is 0.390 bits per heavy atom. The lowest BCUT2D eigenvalue weighted by atomic mass is 10.0. The average molecular weight is 1090 g/mol. The molecule has 0 aromatic heterocycles. The molecule has 2 atom stereocenters. The van der Waals surface area contributed by atoms with Gasteiger partial charge in [-0.15, -0.1) is 0 Å². The molecule has 77 heavy (non-hydrogen) atoms. The predicted octanol–water partition coefficient (Wildman–Crippen LogP) is 20.2. The number of phosphoric acid groups is 1. The number of hydrogen-bond donors (Lipinski definition) is 2. The molecular weight excluding hydrogens is 978 g/mol. The van der Waals surface area contributed by atoms with E-state index in [9.17, 15) is 19.0 Å². The summed E-state index contributed by atoms with van der Waals surface area (Å²) in [5.41, 5.74) is 5.38. The molecule has 0 aliphatic carbocycles. The minimum Gasteiger partial charge on any atom is -0.462 e. The molecule has 0 saturated heterocycles. The molecule has 0 rings (SSSR count). The molecular formula is C67H116NO8P. The van der Waals surface area contributed by atoms with E-state index in [1.54, 1.807) is 0 Å². The number of rotatable bonds is 58. The average Bonchev–Trinajstić information content (AvgIpc) is 3.42. The molecule has 0 fully saturated rings. The number of nitrogens with two attached hydrogens (primary N) is 1. The van der Waals surface area contributed by atoms with Gasteiger partial charge in [-0.25, -0.2) is 4.57 Å². The number of carbonyl (C=O) groups excluding carboxylic acids is 2. The van der Waals surface area contributed by atoms with Gasteiger partial charge < -0.3 is 20.1 Å². The van der Waals surface area contributed by atoms with E-state index in [4.69, 9.17) is 24.3 Å². The Kier molecular flexibility index (Phi) is 59.2. The second-order valence-electron chi connectivity index (χ2n) is 20.5. The summed E-state index contributed by atoms with van der Waals surface area (Å²) in [6.07, 6.45) is 84.6. The van der Waals surface area contributed by atoms with Gasteiger partial charge in [0.2, 0.25) is 0 Å². The van der Waals surface area contributed by atoms with E-state index in [2.05, 4.69) is 123 Å². The maximum absolute atomic E-state index is 12.7. The van der Waals surface area contributed by atoms with Crippen LogP contribution in [-0.2, 0) is 32.7 Å². The molecule has 2 unspecified atom stereocenters. The molecule has 0 aromatic rings. The van der Waals surface area contributed by atoms with E-state index >= 15 is 0 Å². The van der Waals surface area contributed by atoms with Crippen LogP contribution in [0, 0.1) is 0 Å². The van der Waals surface area contributed by atoms with Crippen LogP contribution in [-0.4, -0.2) is 49.3 Å². The molecule has 3 N–H and O–H groups in total. The fraction of sp³-hybridized carbons (Fsp3) is 0.701. The maximum atomic E-state index is 12.7. The fourth-order valence-corrected chi connectivity index (χ4v) is 9.36. The molecule has 0 amide bonds. The highest BCUT2D eigenvalue weighted by molar-refractivity contribution is 7.47. The van der Waals surface area contributed by atoms with Crippen LogP contribution in [0.2, 0.25) is 0 Å². The number of ether oxygens (including phenoxy) is 2. The summed E-state index contributed by atoms with van der Waals surface area (Å²) in [7, 11) is -4.40.